The van der Waals surface area contributed by atoms with Crippen molar-refractivity contribution < 1.29 is 13.2 Å². The van der Waals surface area contributed by atoms with Gasteiger partial charge < -0.3 is 5.32 Å². The van der Waals surface area contributed by atoms with E-state index in [-0.39, 0.29) is 16.4 Å². The summed E-state index contributed by atoms with van der Waals surface area (Å²) in [5.74, 6) is -0.379. The van der Waals surface area contributed by atoms with Crippen molar-refractivity contribution in [1.29, 1.82) is 0 Å². The monoisotopic (exact) mass is 472 g/mol. The Morgan fingerprint density at radius 2 is 1.52 bits per heavy atom. The molecule has 0 unspecified atom stereocenters. The summed E-state index contributed by atoms with van der Waals surface area (Å²) in [5, 5.41) is 2.77. The minimum atomic E-state index is -3.85. The first-order valence-electron chi connectivity index (χ1n) is 8.93. The molecule has 0 aliphatic carbocycles. The van der Waals surface area contributed by atoms with Gasteiger partial charge in [-0.3, -0.25) is 9.52 Å². The number of halogens is 1. The van der Waals surface area contributed by atoms with Gasteiger partial charge in [0.15, 0.2) is 0 Å². The van der Waals surface area contributed by atoms with E-state index in [4.69, 9.17) is 0 Å². The molecule has 0 saturated heterocycles. The Labute approximate surface area is 179 Å². The van der Waals surface area contributed by atoms with Crippen LogP contribution in [-0.2, 0) is 10.0 Å². The van der Waals surface area contributed by atoms with E-state index in [1.54, 1.807) is 37.3 Å². The Morgan fingerprint density at radius 1 is 0.862 bits per heavy atom. The summed E-state index contributed by atoms with van der Waals surface area (Å²) < 4.78 is 29.6. The molecule has 3 aromatic carbocycles. The van der Waals surface area contributed by atoms with Crippen molar-refractivity contribution in [1.82, 2.24) is 0 Å². The zero-order valence-electron chi connectivity index (χ0n) is 16.3. The summed E-state index contributed by atoms with van der Waals surface area (Å²) >= 11 is 3.35. The van der Waals surface area contributed by atoms with Crippen LogP contribution < -0.4 is 10.0 Å². The first kappa shape index (κ1) is 21.1. The zero-order valence-corrected chi connectivity index (χ0v) is 18.7. The number of nitrogens with one attached hydrogen (secondary N) is 2. The van der Waals surface area contributed by atoms with Gasteiger partial charge in [0, 0.05) is 15.7 Å². The SMILES string of the molecule is Cc1ccc(C)c(NS(=O)(=O)c2cc(C(=O)Nc3ccc(Br)cc3)ccc2C)c1. The first-order chi connectivity index (χ1) is 13.7. The molecule has 0 aliphatic rings. The van der Waals surface area contributed by atoms with E-state index >= 15 is 0 Å². The van der Waals surface area contributed by atoms with Gasteiger partial charge in [-0.15, -0.1) is 0 Å². The lowest BCUT2D eigenvalue weighted by Crippen LogP contribution is -2.17. The van der Waals surface area contributed by atoms with Crippen molar-refractivity contribution >= 4 is 43.2 Å². The fourth-order valence-corrected chi connectivity index (χ4v) is 4.47. The van der Waals surface area contributed by atoms with Crippen LogP contribution in [-0.4, -0.2) is 14.3 Å². The molecule has 0 aromatic heterocycles. The number of rotatable bonds is 5. The van der Waals surface area contributed by atoms with E-state index in [1.807, 2.05) is 38.1 Å². The third-order valence-corrected chi connectivity index (χ3v) is 6.52. The summed E-state index contributed by atoms with van der Waals surface area (Å²) in [6.45, 7) is 5.44. The minimum Gasteiger partial charge on any atom is -0.322 e. The van der Waals surface area contributed by atoms with E-state index in [0.29, 0.717) is 16.9 Å². The topological polar surface area (TPSA) is 75.3 Å². The van der Waals surface area contributed by atoms with Crippen LogP contribution in [0, 0.1) is 20.8 Å². The number of sulfonamides is 1. The number of amides is 1. The molecular formula is C22H21BrN2O3S. The van der Waals surface area contributed by atoms with Crippen molar-refractivity contribution in [3.8, 4) is 0 Å². The number of aryl methyl sites for hydroxylation is 3. The Hall–Kier alpha value is -2.64. The smallest absolute Gasteiger partial charge is 0.262 e. The van der Waals surface area contributed by atoms with Crippen LogP contribution in [0.2, 0.25) is 0 Å². The second kappa shape index (κ2) is 8.39. The number of hydrogen-bond acceptors (Lipinski definition) is 3. The molecule has 0 atom stereocenters. The van der Waals surface area contributed by atoms with Crippen LogP contribution in [0.25, 0.3) is 0 Å². The molecule has 5 nitrogen and oxygen atoms in total. The highest BCUT2D eigenvalue weighted by Crippen LogP contribution is 2.24. The normalized spacial score (nSPS) is 11.2. The second-order valence-electron chi connectivity index (χ2n) is 6.87. The predicted octanol–water partition coefficient (Wildman–Crippen LogP) is 5.43. The summed E-state index contributed by atoms with van der Waals surface area (Å²) in [6, 6.07) is 17.4. The number of anilines is 2. The van der Waals surface area contributed by atoms with Gasteiger partial charge >= 0.3 is 0 Å². The van der Waals surface area contributed by atoms with Crippen LogP contribution in [0.5, 0.6) is 0 Å². The van der Waals surface area contributed by atoms with Crippen LogP contribution in [0.1, 0.15) is 27.0 Å². The van der Waals surface area contributed by atoms with E-state index in [0.717, 1.165) is 15.6 Å². The van der Waals surface area contributed by atoms with Crippen molar-refractivity contribution in [3.05, 3.63) is 87.4 Å². The number of hydrogen-bond donors (Lipinski definition) is 2. The summed E-state index contributed by atoms with van der Waals surface area (Å²) in [5.41, 5.74) is 3.74. The average Bonchev–Trinajstić information content (AvgIpc) is 2.66. The van der Waals surface area contributed by atoms with Crippen molar-refractivity contribution in [2.45, 2.75) is 25.7 Å². The van der Waals surface area contributed by atoms with Gasteiger partial charge in [0.2, 0.25) is 0 Å². The van der Waals surface area contributed by atoms with Crippen LogP contribution in [0.4, 0.5) is 11.4 Å². The minimum absolute atomic E-state index is 0.0712. The van der Waals surface area contributed by atoms with Crippen molar-refractivity contribution in [2.75, 3.05) is 10.0 Å². The fourth-order valence-electron chi connectivity index (χ4n) is 2.81. The molecule has 0 saturated carbocycles. The third kappa shape index (κ3) is 5.05. The fraction of sp³-hybridized carbons (Fsp3) is 0.136. The van der Waals surface area contributed by atoms with Gasteiger partial charge in [0.1, 0.15) is 0 Å². The molecule has 3 aromatic rings. The molecule has 0 heterocycles. The van der Waals surface area contributed by atoms with Crippen molar-refractivity contribution in [3.63, 3.8) is 0 Å². The molecule has 0 fully saturated rings. The van der Waals surface area contributed by atoms with Crippen LogP contribution >= 0.6 is 15.9 Å². The number of benzene rings is 3. The quantitative estimate of drug-likeness (QED) is 0.519. The Balaban J connectivity index is 1.90. The molecule has 150 valence electrons. The van der Waals surface area contributed by atoms with Gasteiger partial charge in [-0.2, -0.15) is 0 Å². The maximum Gasteiger partial charge on any atom is 0.262 e. The largest absolute Gasteiger partial charge is 0.322 e. The highest BCUT2D eigenvalue weighted by molar-refractivity contribution is 9.10. The lowest BCUT2D eigenvalue weighted by atomic mass is 10.1. The average molecular weight is 473 g/mol. The van der Waals surface area contributed by atoms with Gasteiger partial charge in [0.05, 0.1) is 10.6 Å². The van der Waals surface area contributed by atoms with E-state index in [1.165, 1.54) is 6.07 Å². The predicted molar refractivity (Wildman–Crippen MR) is 120 cm³/mol. The first-order valence-corrected chi connectivity index (χ1v) is 11.2. The van der Waals surface area contributed by atoms with Gasteiger partial charge in [-0.1, -0.05) is 34.1 Å². The number of carbonyl (C=O) groups is 1. The molecule has 29 heavy (non-hydrogen) atoms. The van der Waals surface area contributed by atoms with E-state index in [9.17, 15) is 13.2 Å². The second-order valence-corrected chi connectivity index (χ2v) is 9.43. The molecular weight excluding hydrogens is 452 g/mol. The maximum atomic E-state index is 13.0. The highest BCUT2D eigenvalue weighted by atomic mass is 79.9. The van der Waals surface area contributed by atoms with Gasteiger partial charge in [-0.05, 0) is 79.9 Å². The Morgan fingerprint density at radius 3 is 2.21 bits per heavy atom. The summed E-state index contributed by atoms with van der Waals surface area (Å²) in [6.07, 6.45) is 0. The molecule has 0 aliphatic heterocycles. The molecule has 3 rings (SSSR count). The lowest BCUT2D eigenvalue weighted by molar-refractivity contribution is 0.102. The standard InChI is InChI=1S/C22H21BrN2O3S/c1-14-4-5-15(2)20(12-14)25-29(27,28)21-13-17(7-6-16(21)3)22(26)24-19-10-8-18(23)9-11-19/h4-13,25H,1-3H3,(H,24,26). The maximum absolute atomic E-state index is 13.0. The molecule has 0 radical (unpaired) electrons. The van der Waals surface area contributed by atoms with E-state index in [2.05, 4.69) is 26.0 Å². The van der Waals surface area contributed by atoms with Gasteiger partial charge in [-0.25, -0.2) is 8.42 Å². The molecule has 7 heteroatoms. The summed E-state index contributed by atoms with van der Waals surface area (Å²) in [4.78, 5) is 12.7. The molecule has 0 bridgehead atoms. The summed E-state index contributed by atoms with van der Waals surface area (Å²) in [7, 11) is -3.85. The van der Waals surface area contributed by atoms with Gasteiger partial charge in [0.25, 0.3) is 15.9 Å². The Kier molecular flexibility index (Phi) is 6.10. The van der Waals surface area contributed by atoms with Crippen LogP contribution in [0.3, 0.4) is 0 Å². The van der Waals surface area contributed by atoms with E-state index < -0.39 is 10.0 Å². The molecule has 0 spiro atoms. The third-order valence-electron chi connectivity index (χ3n) is 4.48. The lowest BCUT2D eigenvalue weighted by Gasteiger charge is -2.14. The van der Waals surface area contributed by atoms with Crippen LogP contribution in [0.15, 0.2) is 70.0 Å². The molecule has 1 amide bonds. The van der Waals surface area contributed by atoms with Crippen molar-refractivity contribution in [2.24, 2.45) is 0 Å². The molecule has 2 N–H and O–H groups in total. The highest BCUT2D eigenvalue weighted by Gasteiger charge is 2.20. The zero-order chi connectivity index (χ0) is 21.2. The Bertz CT molecular complexity index is 1170. The number of carbonyl (C=O) groups excluding carboxylic acids is 1.